The number of benzene rings is 1. The summed E-state index contributed by atoms with van der Waals surface area (Å²) >= 11 is 0. The van der Waals surface area contributed by atoms with Gasteiger partial charge in [0.05, 0.1) is 6.61 Å². The SMILES string of the molecule is NCc1cc(F)cc(N(CCO)C2CCCCC2)c1. The molecule has 4 heteroatoms. The molecule has 0 unspecified atom stereocenters. The summed E-state index contributed by atoms with van der Waals surface area (Å²) in [5.74, 6) is -0.253. The Morgan fingerprint density at radius 2 is 1.95 bits per heavy atom. The molecule has 0 aliphatic heterocycles. The van der Waals surface area contributed by atoms with E-state index in [1.54, 1.807) is 6.07 Å². The largest absolute Gasteiger partial charge is 0.395 e. The minimum absolute atomic E-state index is 0.0883. The first-order chi connectivity index (χ1) is 9.24. The number of rotatable bonds is 5. The van der Waals surface area contributed by atoms with E-state index in [-0.39, 0.29) is 12.4 Å². The number of halogens is 1. The monoisotopic (exact) mass is 266 g/mol. The van der Waals surface area contributed by atoms with E-state index >= 15 is 0 Å². The van der Waals surface area contributed by atoms with Gasteiger partial charge in [-0.05, 0) is 36.6 Å². The smallest absolute Gasteiger partial charge is 0.125 e. The maximum atomic E-state index is 13.6. The Balaban J connectivity index is 2.24. The van der Waals surface area contributed by atoms with E-state index in [1.165, 1.54) is 25.3 Å². The van der Waals surface area contributed by atoms with Crippen LogP contribution in [0.1, 0.15) is 37.7 Å². The lowest BCUT2D eigenvalue weighted by Gasteiger charge is -2.36. The number of hydrogen-bond acceptors (Lipinski definition) is 3. The molecule has 1 fully saturated rings. The number of hydrogen-bond donors (Lipinski definition) is 2. The van der Waals surface area contributed by atoms with Gasteiger partial charge in [-0.1, -0.05) is 19.3 Å². The highest BCUT2D eigenvalue weighted by Crippen LogP contribution is 2.28. The molecular weight excluding hydrogens is 243 g/mol. The first-order valence-corrected chi connectivity index (χ1v) is 7.11. The van der Waals surface area contributed by atoms with Crippen molar-refractivity contribution in [2.24, 2.45) is 5.73 Å². The fourth-order valence-electron chi connectivity index (χ4n) is 2.94. The van der Waals surface area contributed by atoms with Gasteiger partial charge in [-0.15, -0.1) is 0 Å². The van der Waals surface area contributed by atoms with Gasteiger partial charge in [-0.25, -0.2) is 4.39 Å². The van der Waals surface area contributed by atoms with Crippen molar-refractivity contribution in [1.82, 2.24) is 0 Å². The van der Waals surface area contributed by atoms with Crippen LogP contribution >= 0.6 is 0 Å². The lowest BCUT2D eigenvalue weighted by Crippen LogP contribution is -2.39. The van der Waals surface area contributed by atoms with E-state index < -0.39 is 0 Å². The second-order valence-electron chi connectivity index (χ2n) is 5.23. The van der Waals surface area contributed by atoms with Crippen molar-refractivity contribution in [2.45, 2.75) is 44.7 Å². The summed E-state index contributed by atoms with van der Waals surface area (Å²) in [5, 5.41) is 9.26. The highest BCUT2D eigenvalue weighted by atomic mass is 19.1. The van der Waals surface area contributed by atoms with Crippen molar-refractivity contribution in [3.63, 3.8) is 0 Å². The van der Waals surface area contributed by atoms with Crippen LogP contribution in [-0.4, -0.2) is 24.3 Å². The maximum Gasteiger partial charge on any atom is 0.125 e. The van der Waals surface area contributed by atoms with Gasteiger partial charge in [-0.2, -0.15) is 0 Å². The molecule has 1 aromatic rings. The van der Waals surface area contributed by atoms with Gasteiger partial charge in [-0.3, -0.25) is 0 Å². The van der Waals surface area contributed by atoms with Gasteiger partial charge in [0.1, 0.15) is 5.82 Å². The fourth-order valence-corrected chi connectivity index (χ4v) is 2.94. The minimum Gasteiger partial charge on any atom is -0.395 e. The summed E-state index contributed by atoms with van der Waals surface area (Å²) in [7, 11) is 0. The molecule has 3 nitrogen and oxygen atoms in total. The zero-order valence-electron chi connectivity index (χ0n) is 11.3. The first kappa shape index (κ1) is 14.3. The summed E-state index contributed by atoms with van der Waals surface area (Å²) < 4.78 is 13.6. The number of nitrogens with two attached hydrogens (primary N) is 1. The summed E-state index contributed by atoms with van der Waals surface area (Å²) in [4.78, 5) is 2.14. The van der Waals surface area contributed by atoms with Crippen molar-refractivity contribution in [2.75, 3.05) is 18.1 Å². The molecule has 0 spiro atoms. The maximum absolute atomic E-state index is 13.6. The van der Waals surface area contributed by atoms with Crippen LogP contribution in [0.2, 0.25) is 0 Å². The molecule has 1 saturated carbocycles. The molecule has 19 heavy (non-hydrogen) atoms. The van der Waals surface area contributed by atoms with Crippen LogP contribution in [0.25, 0.3) is 0 Å². The summed E-state index contributed by atoms with van der Waals surface area (Å²) in [6.45, 7) is 0.978. The molecule has 0 aromatic heterocycles. The molecule has 2 rings (SSSR count). The third-order valence-corrected chi connectivity index (χ3v) is 3.87. The van der Waals surface area contributed by atoms with Crippen LogP contribution in [0.15, 0.2) is 18.2 Å². The highest BCUT2D eigenvalue weighted by molar-refractivity contribution is 5.50. The second-order valence-corrected chi connectivity index (χ2v) is 5.23. The first-order valence-electron chi connectivity index (χ1n) is 7.11. The predicted octanol–water partition coefficient (Wildman–Crippen LogP) is 2.42. The van der Waals surface area contributed by atoms with Gasteiger partial charge >= 0.3 is 0 Å². The van der Waals surface area contributed by atoms with Crippen LogP contribution in [0.3, 0.4) is 0 Å². The average Bonchev–Trinajstić information content (AvgIpc) is 2.45. The van der Waals surface area contributed by atoms with E-state index in [4.69, 9.17) is 5.73 Å². The summed E-state index contributed by atoms with van der Waals surface area (Å²) in [6, 6.07) is 5.37. The molecule has 0 radical (unpaired) electrons. The van der Waals surface area contributed by atoms with E-state index in [9.17, 15) is 9.50 Å². The Hall–Kier alpha value is -1.13. The van der Waals surface area contributed by atoms with Crippen LogP contribution in [0.4, 0.5) is 10.1 Å². The number of aliphatic hydroxyl groups excluding tert-OH is 1. The molecule has 106 valence electrons. The van der Waals surface area contributed by atoms with Crippen LogP contribution in [0, 0.1) is 5.82 Å². The Labute approximate surface area is 114 Å². The molecule has 0 atom stereocenters. The van der Waals surface area contributed by atoms with E-state index in [0.29, 0.717) is 19.1 Å². The number of anilines is 1. The van der Waals surface area contributed by atoms with E-state index in [1.807, 2.05) is 6.07 Å². The van der Waals surface area contributed by atoms with Crippen LogP contribution in [-0.2, 0) is 6.54 Å². The molecule has 1 aromatic carbocycles. The third kappa shape index (κ3) is 3.67. The van der Waals surface area contributed by atoms with Gasteiger partial charge < -0.3 is 15.7 Å². The van der Waals surface area contributed by atoms with Crippen LogP contribution < -0.4 is 10.6 Å². The van der Waals surface area contributed by atoms with E-state index in [2.05, 4.69) is 4.90 Å². The van der Waals surface area contributed by atoms with Crippen molar-refractivity contribution in [3.05, 3.63) is 29.6 Å². The normalized spacial score (nSPS) is 16.6. The lowest BCUT2D eigenvalue weighted by molar-refractivity contribution is 0.290. The zero-order chi connectivity index (χ0) is 13.7. The number of nitrogens with zero attached hydrogens (tertiary/aromatic N) is 1. The van der Waals surface area contributed by atoms with Crippen molar-refractivity contribution >= 4 is 5.69 Å². The van der Waals surface area contributed by atoms with Crippen molar-refractivity contribution in [1.29, 1.82) is 0 Å². The molecule has 0 bridgehead atoms. The standard InChI is InChI=1S/C15H23FN2O/c16-13-8-12(11-17)9-15(10-13)18(6-7-19)14-4-2-1-3-5-14/h8-10,14,19H,1-7,11,17H2. The minimum atomic E-state index is -0.253. The molecular formula is C15H23FN2O. The quantitative estimate of drug-likeness (QED) is 0.860. The average molecular weight is 266 g/mol. The Kier molecular flexibility index (Phi) is 5.16. The van der Waals surface area contributed by atoms with Gasteiger partial charge in [0.25, 0.3) is 0 Å². The molecule has 1 aliphatic carbocycles. The van der Waals surface area contributed by atoms with Gasteiger partial charge in [0.2, 0.25) is 0 Å². The summed E-state index contributed by atoms with van der Waals surface area (Å²) in [6.07, 6.45) is 5.95. The Bertz CT molecular complexity index is 405. The van der Waals surface area contributed by atoms with Gasteiger partial charge in [0, 0.05) is 24.8 Å². The van der Waals surface area contributed by atoms with Gasteiger partial charge in [0.15, 0.2) is 0 Å². The van der Waals surface area contributed by atoms with Crippen molar-refractivity contribution < 1.29 is 9.50 Å². The fraction of sp³-hybridized carbons (Fsp3) is 0.600. The topological polar surface area (TPSA) is 49.5 Å². The Morgan fingerprint density at radius 1 is 1.21 bits per heavy atom. The van der Waals surface area contributed by atoms with Crippen molar-refractivity contribution in [3.8, 4) is 0 Å². The molecule has 0 heterocycles. The molecule has 0 saturated heterocycles. The predicted molar refractivity (Wildman–Crippen MR) is 75.6 cm³/mol. The highest BCUT2D eigenvalue weighted by Gasteiger charge is 2.21. The van der Waals surface area contributed by atoms with E-state index in [0.717, 1.165) is 24.1 Å². The molecule has 0 amide bonds. The third-order valence-electron chi connectivity index (χ3n) is 3.87. The Morgan fingerprint density at radius 3 is 2.58 bits per heavy atom. The lowest BCUT2D eigenvalue weighted by atomic mass is 9.93. The molecule has 3 N–H and O–H groups in total. The van der Waals surface area contributed by atoms with Crippen LogP contribution in [0.5, 0.6) is 0 Å². The zero-order valence-corrected chi connectivity index (χ0v) is 11.3. The second kappa shape index (κ2) is 6.87. The number of aliphatic hydroxyl groups is 1. The summed E-state index contributed by atoms with van der Waals surface area (Å²) in [5.41, 5.74) is 7.25. The molecule has 1 aliphatic rings.